The van der Waals surface area contributed by atoms with Crippen molar-refractivity contribution in [1.82, 2.24) is 5.32 Å². The van der Waals surface area contributed by atoms with Gasteiger partial charge >= 0.3 is 0 Å². The Morgan fingerprint density at radius 3 is 1.94 bits per heavy atom. The van der Waals surface area contributed by atoms with Gasteiger partial charge in [-0.05, 0) is 64.9 Å². The van der Waals surface area contributed by atoms with Crippen LogP contribution in [-0.2, 0) is 11.2 Å². The van der Waals surface area contributed by atoms with E-state index in [2.05, 4.69) is 29.6 Å². The summed E-state index contributed by atoms with van der Waals surface area (Å²) in [5.74, 6) is 1.34. The lowest BCUT2D eigenvalue weighted by Crippen LogP contribution is -2.38. The smallest absolute Gasteiger partial charge is 0.232 e. The standard InChI is InChI=1S/C32H31NO3/c1-35-26-17-13-22(14-18-26)28-20-16-23-15-19-27(36-2)21-29(23)31(28)33-32(34)30(24-9-5-3-6-10-24)25-11-7-4-8-12-25/h3-15,17-19,21,28,30-31H,16,20H2,1-2H3,(H,33,34)/t28-,31-/m1/s1. The normalized spacial score (nSPS) is 16.8. The SMILES string of the molecule is COc1ccc([C@H]2CCc3ccc(OC)cc3[C@@H]2NC(=O)C(c2ccccc2)c2ccccc2)cc1. The van der Waals surface area contributed by atoms with Gasteiger partial charge in [-0.25, -0.2) is 0 Å². The van der Waals surface area contributed by atoms with Crippen molar-refractivity contribution >= 4 is 5.91 Å². The van der Waals surface area contributed by atoms with E-state index in [1.165, 1.54) is 11.1 Å². The average Bonchev–Trinajstić information content (AvgIpc) is 2.94. The van der Waals surface area contributed by atoms with Crippen LogP contribution in [-0.4, -0.2) is 20.1 Å². The van der Waals surface area contributed by atoms with E-state index in [-0.39, 0.29) is 17.9 Å². The van der Waals surface area contributed by atoms with Crippen LogP contribution in [0.25, 0.3) is 0 Å². The molecule has 4 nitrogen and oxygen atoms in total. The predicted octanol–water partition coefficient (Wildman–Crippen LogP) is 6.42. The third-order valence-electron chi connectivity index (χ3n) is 7.18. The second-order valence-electron chi connectivity index (χ2n) is 9.22. The van der Waals surface area contributed by atoms with Crippen molar-refractivity contribution in [2.75, 3.05) is 14.2 Å². The lowest BCUT2D eigenvalue weighted by Gasteiger charge is -2.36. The number of hydrogen-bond acceptors (Lipinski definition) is 3. The summed E-state index contributed by atoms with van der Waals surface area (Å²) in [5.41, 5.74) is 5.51. The summed E-state index contributed by atoms with van der Waals surface area (Å²) in [6, 6.07) is 34.2. The highest BCUT2D eigenvalue weighted by atomic mass is 16.5. The van der Waals surface area contributed by atoms with Crippen molar-refractivity contribution in [1.29, 1.82) is 0 Å². The number of carbonyl (C=O) groups excluding carboxylic acids is 1. The highest BCUT2D eigenvalue weighted by molar-refractivity contribution is 5.87. The van der Waals surface area contributed by atoms with Crippen molar-refractivity contribution in [3.05, 3.63) is 131 Å². The molecule has 4 aromatic carbocycles. The van der Waals surface area contributed by atoms with Gasteiger partial charge in [0.2, 0.25) is 5.91 Å². The largest absolute Gasteiger partial charge is 0.497 e. The van der Waals surface area contributed by atoms with Gasteiger partial charge in [0.25, 0.3) is 0 Å². The Bertz CT molecular complexity index is 1260. The Hall–Kier alpha value is -4.05. The summed E-state index contributed by atoms with van der Waals surface area (Å²) >= 11 is 0. The zero-order chi connectivity index (χ0) is 24.9. The van der Waals surface area contributed by atoms with Crippen molar-refractivity contribution in [3.63, 3.8) is 0 Å². The first-order valence-electron chi connectivity index (χ1n) is 12.4. The first kappa shape index (κ1) is 23.7. The predicted molar refractivity (Wildman–Crippen MR) is 143 cm³/mol. The van der Waals surface area contributed by atoms with E-state index in [4.69, 9.17) is 9.47 Å². The van der Waals surface area contributed by atoms with Crippen LogP contribution in [0.15, 0.2) is 103 Å². The van der Waals surface area contributed by atoms with Crippen molar-refractivity contribution in [2.45, 2.75) is 30.7 Å². The Kier molecular flexibility index (Phi) is 7.03. The van der Waals surface area contributed by atoms with Gasteiger partial charge in [0, 0.05) is 5.92 Å². The minimum absolute atomic E-state index is 0.00779. The van der Waals surface area contributed by atoms with Crippen LogP contribution in [0.2, 0.25) is 0 Å². The molecule has 0 spiro atoms. The van der Waals surface area contributed by atoms with Gasteiger partial charge in [-0.1, -0.05) is 78.9 Å². The van der Waals surface area contributed by atoms with E-state index >= 15 is 0 Å². The van der Waals surface area contributed by atoms with Crippen molar-refractivity contribution in [3.8, 4) is 11.5 Å². The zero-order valence-corrected chi connectivity index (χ0v) is 20.7. The molecular formula is C32H31NO3. The summed E-state index contributed by atoms with van der Waals surface area (Å²) in [5, 5.41) is 3.47. The zero-order valence-electron chi connectivity index (χ0n) is 20.7. The van der Waals surface area contributed by atoms with Crippen LogP contribution in [0.5, 0.6) is 11.5 Å². The summed E-state index contributed by atoms with van der Waals surface area (Å²) in [4.78, 5) is 14.1. The Labute approximate surface area is 212 Å². The maximum atomic E-state index is 14.1. The minimum Gasteiger partial charge on any atom is -0.497 e. The number of benzene rings is 4. The van der Waals surface area contributed by atoms with E-state index in [1.807, 2.05) is 78.9 Å². The molecule has 1 aliphatic carbocycles. The molecule has 0 aromatic heterocycles. The number of nitrogens with one attached hydrogen (secondary N) is 1. The van der Waals surface area contributed by atoms with E-state index in [1.54, 1.807) is 14.2 Å². The lowest BCUT2D eigenvalue weighted by molar-refractivity contribution is -0.122. The Balaban J connectivity index is 1.55. The van der Waals surface area contributed by atoms with E-state index in [9.17, 15) is 4.79 Å². The van der Waals surface area contributed by atoms with E-state index in [0.717, 1.165) is 41.0 Å². The summed E-state index contributed by atoms with van der Waals surface area (Å²) in [7, 11) is 3.36. The third-order valence-corrected chi connectivity index (χ3v) is 7.18. The monoisotopic (exact) mass is 477 g/mol. The van der Waals surface area contributed by atoms with Gasteiger partial charge < -0.3 is 14.8 Å². The fourth-order valence-electron chi connectivity index (χ4n) is 5.32. The first-order chi connectivity index (χ1) is 17.7. The second-order valence-corrected chi connectivity index (χ2v) is 9.22. The molecule has 182 valence electrons. The molecule has 0 saturated carbocycles. The maximum Gasteiger partial charge on any atom is 0.232 e. The van der Waals surface area contributed by atoms with Crippen LogP contribution in [0.3, 0.4) is 0 Å². The number of amides is 1. The molecule has 0 fully saturated rings. The molecule has 0 saturated heterocycles. The summed E-state index contributed by atoms with van der Waals surface area (Å²) in [6.07, 6.45) is 1.89. The number of carbonyl (C=O) groups is 1. The number of ether oxygens (including phenoxy) is 2. The summed E-state index contributed by atoms with van der Waals surface area (Å²) < 4.78 is 10.9. The minimum atomic E-state index is -0.403. The van der Waals surface area contributed by atoms with Crippen LogP contribution in [0.1, 0.15) is 52.1 Å². The van der Waals surface area contributed by atoms with Gasteiger partial charge in [-0.3, -0.25) is 4.79 Å². The quantitative estimate of drug-likeness (QED) is 0.334. The number of fused-ring (bicyclic) bond motifs is 1. The van der Waals surface area contributed by atoms with Crippen LogP contribution in [0.4, 0.5) is 0 Å². The average molecular weight is 478 g/mol. The Morgan fingerprint density at radius 1 is 0.778 bits per heavy atom. The molecule has 36 heavy (non-hydrogen) atoms. The molecule has 0 aliphatic heterocycles. The molecule has 0 unspecified atom stereocenters. The van der Waals surface area contributed by atoms with Gasteiger partial charge in [-0.2, -0.15) is 0 Å². The number of hydrogen-bond donors (Lipinski definition) is 1. The summed E-state index contributed by atoms with van der Waals surface area (Å²) in [6.45, 7) is 0. The number of methoxy groups -OCH3 is 2. The molecule has 1 N–H and O–H groups in total. The van der Waals surface area contributed by atoms with E-state index in [0.29, 0.717) is 0 Å². The topological polar surface area (TPSA) is 47.6 Å². The van der Waals surface area contributed by atoms with Crippen LogP contribution < -0.4 is 14.8 Å². The molecule has 0 radical (unpaired) electrons. The molecular weight excluding hydrogens is 446 g/mol. The number of aryl methyl sites for hydroxylation is 1. The highest BCUT2D eigenvalue weighted by Gasteiger charge is 2.34. The van der Waals surface area contributed by atoms with Gasteiger partial charge in [0.1, 0.15) is 11.5 Å². The van der Waals surface area contributed by atoms with E-state index < -0.39 is 5.92 Å². The molecule has 0 heterocycles. The van der Waals surface area contributed by atoms with Crippen molar-refractivity contribution in [2.24, 2.45) is 0 Å². The third kappa shape index (κ3) is 4.85. The van der Waals surface area contributed by atoms with Gasteiger partial charge in [0.15, 0.2) is 0 Å². The van der Waals surface area contributed by atoms with Crippen LogP contribution in [0, 0.1) is 0 Å². The Morgan fingerprint density at radius 2 is 1.36 bits per heavy atom. The maximum absolute atomic E-state index is 14.1. The van der Waals surface area contributed by atoms with Crippen molar-refractivity contribution < 1.29 is 14.3 Å². The molecule has 1 aliphatic rings. The molecule has 2 atom stereocenters. The molecule has 5 rings (SSSR count). The molecule has 0 bridgehead atoms. The second kappa shape index (κ2) is 10.7. The van der Waals surface area contributed by atoms with Crippen LogP contribution >= 0.6 is 0 Å². The first-order valence-corrected chi connectivity index (χ1v) is 12.4. The lowest BCUT2D eigenvalue weighted by atomic mass is 9.75. The molecule has 4 heteroatoms. The molecule has 4 aromatic rings. The fraction of sp³-hybridized carbons (Fsp3) is 0.219. The number of rotatable bonds is 7. The van der Waals surface area contributed by atoms with Gasteiger partial charge in [-0.15, -0.1) is 0 Å². The highest BCUT2D eigenvalue weighted by Crippen LogP contribution is 2.43. The molecule has 1 amide bonds. The van der Waals surface area contributed by atoms with Gasteiger partial charge in [0.05, 0.1) is 26.2 Å². The fourth-order valence-corrected chi connectivity index (χ4v) is 5.32.